The molecule has 4 heterocycles. The van der Waals surface area contributed by atoms with Crippen molar-refractivity contribution >= 4 is 11.7 Å². The van der Waals surface area contributed by atoms with Crippen LogP contribution in [0, 0.1) is 19.7 Å². The van der Waals surface area contributed by atoms with Crippen LogP contribution in [-0.2, 0) is 0 Å². The third-order valence-electron chi connectivity index (χ3n) is 5.10. The molecule has 5 rings (SSSR count). The minimum atomic E-state index is -0.516. The number of nitrogens with zero attached hydrogens (tertiary/aromatic N) is 4. The van der Waals surface area contributed by atoms with Crippen LogP contribution in [0.3, 0.4) is 0 Å². The maximum Gasteiger partial charge on any atom is 0.254 e. The molecule has 0 radical (unpaired) electrons. The van der Waals surface area contributed by atoms with E-state index < -0.39 is 5.82 Å². The molecule has 3 saturated heterocycles. The molecular weight excluding hydrogens is 335 g/mol. The van der Waals surface area contributed by atoms with Gasteiger partial charge in [0.25, 0.3) is 5.91 Å². The number of hydrogen-bond acceptors (Lipinski definition) is 5. The summed E-state index contributed by atoms with van der Waals surface area (Å²) in [6.07, 6.45) is 0.976. The van der Waals surface area contributed by atoms with Gasteiger partial charge in [0.15, 0.2) is 11.6 Å². The lowest BCUT2D eigenvalue weighted by Crippen LogP contribution is -2.70. The molecule has 0 N–H and O–H groups in total. The topological polar surface area (TPSA) is 58.6 Å². The van der Waals surface area contributed by atoms with E-state index in [0.29, 0.717) is 5.56 Å². The lowest BCUT2D eigenvalue weighted by atomic mass is 9.86. The van der Waals surface area contributed by atoms with Gasteiger partial charge >= 0.3 is 0 Å². The van der Waals surface area contributed by atoms with Crippen LogP contribution in [0.15, 0.2) is 24.3 Å². The Morgan fingerprint density at radius 3 is 2.54 bits per heavy atom. The van der Waals surface area contributed by atoms with Crippen LogP contribution < -0.4 is 9.64 Å². The number of amides is 1. The molecule has 2 unspecified atom stereocenters. The van der Waals surface area contributed by atoms with Crippen molar-refractivity contribution in [2.75, 3.05) is 25.1 Å². The third-order valence-corrected chi connectivity index (χ3v) is 5.10. The molecule has 7 heteroatoms. The van der Waals surface area contributed by atoms with Gasteiger partial charge in [-0.3, -0.25) is 4.79 Å². The molecule has 26 heavy (non-hydrogen) atoms. The van der Waals surface area contributed by atoms with Crippen molar-refractivity contribution in [3.05, 3.63) is 47.2 Å². The fraction of sp³-hybridized carbons (Fsp3) is 0.421. The predicted molar refractivity (Wildman–Crippen MR) is 95.0 cm³/mol. The van der Waals surface area contributed by atoms with Gasteiger partial charge < -0.3 is 14.5 Å². The summed E-state index contributed by atoms with van der Waals surface area (Å²) in [5, 5.41) is 0. The highest BCUT2D eigenvalue weighted by molar-refractivity contribution is 5.95. The summed E-state index contributed by atoms with van der Waals surface area (Å²) in [5.74, 6) is 1.17. The maximum atomic E-state index is 13.9. The number of anilines is 1. The summed E-state index contributed by atoms with van der Waals surface area (Å²) in [4.78, 5) is 25.7. The number of halogens is 1. The largest absolute Gasteiger partial charge is 0.494 e. The van der Waals surface area contributed by atoms with E-state index in [1.54, 1.807) is 6.07 Å². The van der Waals surface area contributed by atoms with Crippen LogP contribution >= 0.6 is 0 Å². The average molecular weight is 356 g/mol. The summed E-state index contributed by atoms with van der Waals surface area (Å²) >= 11 is 0. The Kier molecular flexibility index (Phi) is 4.01. The molecule has 3 aliphatic rings. The van der Waals surface area contributed by atoms with E-state index in [1.807, 2.05) is 24.8 Å². The fourth-order valence-corrected chi connectivity index (χ4v) is 3.94. The van der Waals surface area contributed by atoms with Crippen molar-refractivity contribution in [2.45, 2.75) is 32.4 Å². The van der Waals surface area contributed by atoms with E-state index in [4.69, 9.17) is 4.74 Å². The maximum absolute atomic E-state index is 13.9. The minimum absolute atomic E-state index is 0.123. The number of aryl methyl sites for hydroxylation is 2. The van der Waals surface area contributed by atoms with E-state index in [1.165, 1.54) is 19.2 Å². The lowest BCUT2D eigenvalue weighted by molar-refractivity contribution is 0.00570. The van der Waals surface area contributed by atoms with Crippen LogP contribution in [0.1, 0.15) is 28.3 Å². The molecule has 136 valence electrons. The van der Waals surface area contributed by atoms with Gasteiger partial charge in [0.05, 0.1) is 19.2 Å². The normalized spacial score (nSPS) is 21.4. The third kappa shape index (κ3) is 2.77. The van der Waals surface area contributed by atoms with Crippen LogP contribution in [0.2, 0.25) is 0 Å². The number of piperazine rings is 1. The molecule has 3 aliphatic heterocycles. The summed E-state index contributed by atoms with van der Waals surface area (Å²) in [5.41, 5.74) is 1.30. The number of fused-ring (bicyclic) bond motifs is 2. The molecule has 2 aromatic rings. The van der Waals surface area contributed by atoms with Crippen molar-refractivity contribution < 1.29 is 13.9 Å². The Hall–Kier alpha value is -2.70. The molecule has 1 amide bonds. The van der Waals surface area contributed by atoms with E-state index in [2.05, 4.69) is 14.9 Å². The molecule has 1 aromatic carbocycles. The molecular formula is C19H21FN4O2. The zero-order valence-electron chi connectivity index (χ0n) is 15.1. The number of carbonyl (C=O) groups is 1. The van der Waals surface area contributed by atoms with E-state index in [9.17, 15) is 9.18 Å². The first-order chi connectivity index (χ1) is 12.5. The number of carbonyl (C=O) groups excluding carboxylic acids is 1. The minimum Gasteiger partial charge on any atom is -0.494 e. The Morgan fingerprint density at radius 2 is 1.92 bits per heavy atom. The highest BCUT2D eigenvalue weighted by Gasteiger charge is 2.47. The number of ether oxygens (including phenoxy) is 1. The Balaban J connectivity index is 1.50. The molecule has 0 aliphatic carbocycles. The van der Waals surface area contributed by atoms with E-state index >= 15 is 0 Å². The van der Waals surface area contributed by atoms with Crippen molar-refractivity contribution in [1.29, 1.82) is 0 Å². The molecule has 2 bridgehead atoms. The second kappa shape index (κ2) is 6.23. The lowest BCUT2D eigenvalue weighted by Gasteiger charge is -2.56. The van der Waals surface area contributed by atoms with Gasteiger partial charge in [-0.25, -0.2) is 14.4 Å². The number of benzene rings is 1. The van der Waals surface area contributed by atoms with Crippen LogP contribution in [0.5, 0.6) is 5.75 Å². The zero-order valence-corrected chi connectivity index (χ0v) is 15.1. The second-order valence-electron chi connectivity index (χ2n) is 6.92. The first kappa shape index (κ1) is 16.8. The summed E-state index contributed by atoms with van der Waals surface area (Å²) in [6, 6.07) is 6.60. The first-order valence-electron chi connectivity index (χ1n) is 8.69. The van der Waals surface area contributed by atoms with Gasteiger partial charge in [-0.1, -0.05) is 0 Å². The molecule has 3 fully saturated rings. The van der Waals surface area contributed by atoms with Crippen molar-refractivity contribution in [3.63, 3.8) is 0 Å². The van der Waals surface area contributed by atoms with Crippen molar-refractivity contribution in [2.24, 2.45) is 0 Å². The fourth-order valence-electron chi connectivity index (χ4n) is 3.94. The zero-order chi connectivity index (χ0) is 18.4. The van der Waals surface area contributed by atoms with Gasteiger partial charge in [0.1, 0.15) is 11.6 Å². The molecule has 0 spiro atoms. The number of rotatable bonds is 3. The Labute approximate surface area is 151 Å². The number of hydrogen-bond donors (Lipinski definition) is 0. The van der Waals surface area contributed by atoms with Gasteiger partial charge in [0.2, 0.25) is 0 Å². The Morgan fingerprint density at radius 1 is 1.19 bits per heavy atom. The molecule has 1 aromatic heterocycles. The molecule has 6 nitrogen and oxygen atoms in total. The monoisotopic (exact) mass is 356 g/mol. The summed E-state index contributed by atoms with van der Waals surface area (Å²) in [7, 11) is 1.41. The van der Waals surface area contributed by atoms with Crippen LogP contribution in [0.4, 0.5) is 10.2 Å². The quantitative estimate of drug-likeness (QED) is 0.845. The average Bonchev–Trinajstić information content (AvgIpc) is 2.60. The SMILES string of the molecule is COc1ccc(C(=O)N2C3CC2CN(c2cc(C)nc(C)n2)C3)cc1F. The molecule has 0 saturated carbocycles. The van der Waals surface area contributed by atoms with E-state index in [-0.39, 0.29) is 23.7 Å². The van der Waals surface area contributed by atoms with Gasteiger partial charge in [-0.2, -0.15) is 0 Å². The van der Waals surface area contributed by atoms with E-state index in [0.717, 1.165) is 36.8 Å². The van der Waals surface area contributed by atoms with Gasteiger partial charge in [0, 0.05) is 30.4 Å². The first-order valence-corrected chi connectivity index (χ1v) is 8.69. The highest BCUT2D eigenvalue weighted by Crippen LogP contribution is 2.35. The van der Waals surface area contributed by atoms with Crippen LogP contribution in [0.25, 0.3) is 0 Å². The van der Waals surface area contributed by atoms with Gasteiger partial charge in [-0.15, -0.1) is 0 Å². The van der Waals surface area contributed by atoms with Crippen molar-refractivity contribution in [3.8, 4) is 5.75 Å². The number of methoxy groups -OCH3 is 1. The smallest absolute Gasteiger partial charge is 0.254 e. The standard InChI is InChI=1S/C19H21FN4O2/c1-11-6-18(22-12(2)21-11)23-9-14-8-15(10-23)24(14)19(25)13-4-5-17(26-3)16(20)7-13/h4-7,14-15H,8-10H2,1-3H3. The molecule has 2 atom stereocenters. The number of piperidine rings is 1. The van der Waals surface area contributed by atoms with Crippen LogP contribution in [-0.4, -0.2) is 53.1 Å². The Bertz CT molecular complexity index is 840. The second-order valence-corrected chi connectivity index (χ2v) is 6.92. The number of aromatic nitrogens is 2. The highest BCUT2D eigenvalue weighted by atomic mass is 19.1. The van der Waals surface area contributed by atoms with Gasteiger partial charge in [-0.05, 0) is 38.5 Å². The predicted octanol–water partition coefficient (Wildman–Crippen LogP) is 2.34. The summed E-state index contributed by atoms with van der Waals surface area (Å²) < 4.78 is 18.8. The summed E-state index contributed by atoms with van der Waals surface area (Å²) in [6.45, 7) is 5.31. The van der Waals surface area contributed by atoms with Crippen molar-refractivity contribution in [1.82, 2.24) is 14.9 Å².